The molecule has 2 unspecified atom stereocenters. The summed E-state index contributed by atoms with van der Waals surface area (Å²) < 4.78 is 11.0. The number of nitrogens with one attached hydrogen (secondary N) is 1. The Balaban J connectivity index is 1.38. The van der Waals surface area contributed by atoms with Gasteiger partial charge in [-0.15, -0.1) is 11.3 Å². The van der Waals surface area contributed by atoms with E-state index in [2.05, 4.69) is 58.5 Å². The van der Waals surface area contributed by atoms with Crippen LogP contribution in [-0.4, -0.2) is 48.1 Å². The van der Waals surface area contributed by atoms with Crippen molar-refractivity contribution in [2.45, 2.75) is 39.3 Å². The van der Waals surface area contributed by atoms with E-state index in [9.17, 15) is 4.79 Å². The number of fused-ring (bicyclic) bond motifs is 1. The van der Waals surface area contributed by atoms with Gasteiger partial charge < -0.3 is 20.5 Å². The molecule has 204 valence electrons. The molecular weight excluding hydrogens is 510 g/mol. The second-order valence-electron chi connectivity index (χ2n) is 10.0. The molecule has 1 aliphatic rings. The molecule has 5 rings (SSSR count). The van der Waals surface area contributed by atoms with Crippen LogP contribution in [0.1, 0.15) is 42.1 Å². The first-order valence-electron chi connectivity index (χ1n) is 13.2. The number of hydrogen-bond acceptors (Lipinski definition) is 8. The minimum Gasteiger partial charge on any atom is -0.493 e. The quantitative estimate of drug-likeness (QED) is 0.284. The number of primary amides is 1. The second-order valence-corrected chi connectivity index (χ2v) is 11.2. The summed E-state index contributed by atoms with van der Waals surface area (Å²) >= 11 is 1.78. The fourth-order valence-electron chi connectivity index (χ4n) is 5.26. The highest BCUT2D eigenvalue weighted by Crippen LogP contribution is 2.38. The summed E-state index contributed by atoms with van der Waals surface area (Å²) in [5.41, 5.74) is 8.89. The van der Waals surface area contributed by atoms with Crippen molar-refractivity contribution in [3.8, 4) is 21.9 Å². The smallest absolute Gasteiger partial charge is 0.221 e. The normalized spacial score (nSPS) is 16.7. The molecule has 9 heteroatoms. The third-order valence-electron chi connectivity index (χ3n) is 7.30. The zero-order valence-corrected chi connectivity index (χ0v) is 23.7. The fourth-order valence-corrected chi connectivity index (χ4v) is 6.33. The molecule has 1 fully saturated rings. The highest BCUT2D eigenvalue weighted by Gasteiger charge is 2.25. The second kappa shape index (κ2) is 11.6. The molecule has 0 bridgehead atoms. The van der Waals surface area contributed by atoms with Gasteiger partial charge >= 0.3 is 0 Å². The van der Waals surface area contributed by atoms with Crippen LogP contribution in [0, 0.1) is 12.8 Å². The fraction of sp³-hybridized carbons (Fsp3) is 0.367. The number of aryl methyl sites for hydroxylation is 1. The zero-order valence-electron chi connectivity index (χ0n) is 22.9. The predicted molar refractivity (Wildman–Crippen MR) is 156 cm³/mol. The molecule has 0 aliphatic carbocycles. The number of amides is 1. The first-order chi connectivity index (χ1) is 18.9. The van der Waals surface area contributed by atoms with E-state index in [1.807, 2.05) is 19.1 Å². The Kier molecular flexibility index (Phi) is 7.99. The third-order valence-corrected chi connectivity index (χ3v) is 8.61. The van der Waals surface area contributed by atoms with E-state index in [1.54, 1.807) is 25.6 Å². The number of methoxy groups -OCH3 is 2. The van der Waals surface area contributed by atoms with Crippen molar-refractivity contribution in [3.63, 3.8) is 0 Å². The van der Waals surface area contributed by atoms with Gasteiger partial charge in [0.05, 0.1) is 31.7 Å². The molecule has 0 radical (unpaired) electrons. The number of thiophene rings is 1. The van der Waals surface area contributed by atoms with Crippen LogP contribution in [-0.2, 0) is 11.3 Å². The predicted octanol–water partition coefficient (Wildman–Crippen LogP) is 5.55. The van der Waals surface area contributed by atoms with Crippen LogP contribution in [0.4, 0.5) is 5.82 Å². The molecule has 2 aromatic carbocycles. The number of rotatable bonds is 9. The summed E-state index contributed by atoms with van der Waals surface area (Å²) in [5, 5.41) is 4.48. The summed E-state index contributed by atoms with van der Waals surface area (Å²) in [7, 11) is 3.25. The van der Waals surface area contributed by atoms with Crippen molar-refractivity contribution >= 4 is 34.0 Å². The van der Waals surface area contributed by atoms with Crippen LogP contribution < -0.4 is 20.5 Å². The number of benzene rings is 2. The lowest BCUT2D eigenvalue weighted by Gasteiger charge is -2.31. The van der Waals surface area contributed by atoms with E-state index in [1.165, 1.54) is 20.9 Å². The molecule has 2 atom stereocenters. The van der Waals surface area contributed by atoms with Gasteiger partial charge in [0.2, 0.25) is 5.91 Å². The van der Waals surface area contributed by atoms with E-state index in [-0.39, 0.29) is 17.9 Å². The van der Waals surface area contributed by atoms with Gasteiger partial charge in [-0.25, -0.2) is 9.97 Å². The molecule has 1 aliphatic heterocycles. The van der Waals surface area contributed by atoms with E-state index < -0.39 is 0 Å². The van der Waals surface area contributed by atoms with Crippen LogP contribution in [0.2, 0.25) is 0 Å². The molecule has 8 nitrogen and oxygen atoms in total. The summed E-state index contributed by atoms with van der Waals surface area (Å²) in [4.78, 5) is 25.8. The molecule has 39 heavy (non-hydrogen) atoms. The third kappa shape index (κ3) is 5.84. The summed E-state index contributed by atoms with van der Waals surface area (Å²) in [5.74, 6) is 2.46. The summed E-state index contributed by atoms with van der Waals surface area (Å²) in [6.07, 6.45) is 1.88. The van der Waals surface area contributed by atoms with Gasteiger partial charge in [0, 0.05) is 34.3 Å². The Morgan fingerprint density at radius 2 is 1.92 bits per heavy atom. The Morgan fingerprint density at radius 1 is 1.15 bits per heavy atom. The van der Waals surface area contributed by atoms with Gasteiger partial charge in [0.25, 0.3) is 0 Å². The maximum absolute atomic E-state index is 11.8. The van der Waals surface area contributed by atoms with Crippen LogP contribution in [0.25, 0.3) is 21.3 Å². The number of hydrogen-bond donors (Lipinski definition) is 2. The maximum Gasteiger partial charge on any atom is 0.221 e. The number of anilines is 1. The molecule has 1 amide bonds. The molecule has 1 saturated heterocycles. The first kappa shape index (κ1) is 26.9. The van der Waals surface area contributed by atoms with E-state index in [0.717, 1.165) is 49.2 Å². The Labute approximate surface area is 233 Å². The molecule has 3 N–H and O–H groups in total. The highest BCUT2D eigenvalue weighted by atomic mass is 32.1. The Morgan fingerprint density at radius 3 is 2.69 bits per heavy atom. The molecule has 0 spiro atoms. The molecule has 3 heterocycles. The topological polar surface area (TPSA) is 103 Å². The monoisotopic (exact) mass is 545 g/mol. The van der Waals surface area contributed by atoms with Crippen molar-refractivity contribution < 1.29 is 14.3 Å². The minimum absolute atomic E-state index is 0.0277. The number of carbonyl (C=O) groups excluding carboxylic acids is 1. The van der Waals surface area contributed by atoms with Crippen LogP contribution in [0.15, 0.2) is 48.5 Å². The summed E-state index contributed by atoms with van der Waals surface area (Å²) in [6, 6.07) is 16.7. The number of carbonyl (C=O) groups is 1. The maximum atomic E-state index is 11.8. The average molecular weight is 546 g/mol. The number of piperidine rings is 1. The first-order valence-corrected chi connectivity index (χ1v) is 14.0. The van der Waals surface area contributed by atoms with Crippen molar-refractivity contribution in [3.05, 3.63) is 64.8 Å². The number of ether oxygens (including phenoxy) is 2. The van der Waals surface area contributed by atoms with Crippen LogP contribution in [0.3, 0.4) is 0 Å². The van der Waals surface area contributed by atoms with Crippen molar-refractivity contribution in [2.24, 2.45) is 11.7 Å². The number of nitrogens with two attached hydrogens (primary N) is 1. The van der Waals surface area contributed by atoms with Crippen molar-refractivity contribution in [2.75, 3.05) is 32.6 Å². The number of likely N-dealkylation sites (tertiary alicyclic amines) is 1. The van der Waals surface area contributed by atoms with E-state index in [4.69, 9.17) is 20.2 Å². The van der Waals surface area contributed by atoms with Gasteiger partial charge in [-0.1, -0.05) is 24.3 Å². The van der Waals surface area contributed by atoms with Gasteiger partial charge in [-0.2, -0.15) is 0 Å². The van der Waals surface area contributed by atoms with Crippen molar-refractivity contribution in [1.29, 1.82) is 0 Å². The van der Waals surface area contributed by atoms with Gasteiger partial charge in [0.15, 0.2) is 11.5 Å². The van der Waals surface area contributed by atoms with Gasteiger partial charge in [-0.05, 0) is 62.6 Å². The lowest BCUT2D eigenvalue weighted by molar-refractivity contribution is -0.123. The van der Waals surface area contributed by atoms with Gasteiger partial charge in [-0.3, -0.25) is 9.69 Å². The van der Waals surface area contributed by atoms with Crippen LogP contribution >= 0.6 is 11.3 Å². The van der Waals surface area contributed by atoms with E-state index in [0.29, 0.717) is 17.3 Å². The average Bonchev–Trinajstić information content (AvgIpc) is 3.43. The largest absolute Gasteiger partial charge is 0.493 e. The molecular formula is C30H35N5O3S. The lowest BCUT2D eigenvalue weighted by Crippen LogP contribution is -2.40. The summed E-state index contributed by atoms with van der Waals surface area (Å²) in [6.45, 7) is 6.54. The Hall–Kier alpha value is -3.69. The zero-order chi connectivity index (χ0) is 27.5. The molecule has 0 saturated carbocycles. The van der Waals surface area contributed by atoms with Crippen LogP contribution in [0.5, 0.6) is 11.5 Å². The van der Waals surface area contributed by atoms with E-state index >= 15 is 0 Å². The standard InChI is InChI=1S/C30H35N5O3S/c1-18(32-30-23-14-25(37-3)26(38-4)15-24(23)33-19(2)34-30)27-11-12-28(39-27)22-10-6-5-8-20(22)16-35-13-7-9-21(17-35)29(31)36/h5-6,8,10-12,14-15,18,21H,7,9,13,16-17H2,1-4H3,(H2,31,36)(H,32,33,34). The van der Waals surface area contributed by atoms with Gasteiger partial charge in [0.1, 0.15) is 11.6 Å². The lowest BCUT2D eigenvalue weighted by atomic mass is 9.96. The number of nitrogens with zero attached hydrogens (tertiary/aromatic N) is 3. The molecule has 4 aromatic rings. The minimum atomic E-state index is -0.193. The Bertz CT molecular complexity index is 1490. The SMILES string of the molecule is COc1cc2nc(C)nc(NC(C)c3ccc(-c4ccccc4CN4CCCC(C(N)=O)C4)s3)c2cc1OC. The highest BCUT2D eigenvalue weighted by molar-refractivity contribution is 7.15. The number of aromatic nitrogens is 2. The molecule has 2 aromatic heterocycles. The van der Waals surface area contributed by atoms with Crippen molar-refractivity contribution in [1.82, 2.24) is 14.9 Å².